The van der Waals surface area contributed by atoms with Crippen molar-refractivity contribution in [1.29, 1.82) is 0 Å². The maximum absolute atomic E-state index is 13.6. The first-order valence-electron chi connectivity index (χ1n) is 4.83. The van der Waals surface area contributed by atoms with Gasteiger partial charge in [0.2, 0.25) is 0 Å². The van der Waals surface area contributed by atoms with Crippen LogP contribution in [0.15, 0.2) is 40.9 Å². The smallest absolute Gasteiger partial charge is 0.148 e. The standard InChI is InChI=1S/C12H9BrClFN2/c13-7-1-3-11(9(14)5-7)17-12-4-2-8(16)6-10(12)15/h1-6,17H,16H2. The van der Waals surface area contributed by atoms with Crippen molar-refractivity contribution in [2.45, 2.75) is 0 Å². The largest absolute Gasteiger partial charge is 0.399 e. The SMILES string of the molecule is Nc1ccc(Nc2ccc(Br)cc2Cl)c(F)c1. The van der Waals surface area contributed by atoms with Crippen LogP contribution < -0.4 is 11.1 Å². The molecule has 0 unspecified atom stereocenters. The lowest BCUT2D eigenvalue weighted by Gasteiger charge is -2.10. The van der Waals surface area contributed by atoms with Gasteiger partial charge >= 0.3 is 0 Å². The van der Waals surface area contributed by atoms with E-state index in [9.17, 15) is 4.39 Å². The summed E-state index contributed by atoms with van der Waals surface area (Å²) in [7, 11) is 0. The Morgan fingerprint density at radius 3 is 2.47 bits per heavy atom. The fourth-order valence-corrected chi connectivity index (χ4v) is 2.09. The summed E-state index contributed by atoms with van der Waals surface area (Å²) in [6, 6.07) is 9.78. The molecule has 2 rings (SSSR count). The molecule has 3 N–H and O–H groups in total. The highest BCUT2D eigenvalue weighted by Crippen LogP contribution is 2.29. The lowest BCUT2D eigenvalue weighted by molar-refractivity contribution is 0.632. The van der Waals surface area contributed by atoms with E-state index in [2.05, 4.69) is 21.2 Å². The van der Waals surface area contributed by atoms with Crippen LogP contribution in [0, 0.1) is 5.82 Å². The van der Waals surface area contributed by atoms with Gasteiger partial charge in [-0.25, -0.2) is 4.39 Å². The van der Waals surface area contributed by atoms with Gasteiger partial charge in [0.1, 0.15) is 5.82 Å². The third kappa shape index (κ3) is 2.90. The van der Waals surface area contributed by atoms with E-state index in [1.54, 1.807) is 24.3 Å². The number of nitrogen functional groups attached to an aromatic ring is 1. The van der Waals surface area contributed by atoms with E-state index in [0.717, 1.165) is 4.47 Å². The molecular weight excluding hydrogens is 307 g/mol. The quantitative estimate of drug-likeness (QED) is 0.797. The molecule has 0 aliphatic carbocycles. The Bertz CT molecular complexity index is 511. The molecule has 2 nitrogen and oxygen atoms in total. The van der Waals surface area contributed by atoms with Crippen LogP contribution >= 0.6 is 27.5 Å². The van der Waals surface area contributed by atoms with E-state index in [0.29, 0.717) is 22.1 Å². The second-order valence-electron chi connectivity index (χ2n) is 3.49. The predicted octanol–water partition coefficient (Wildman–Crippen LogP) is 4.57. The molecule has 5 heteroatoms. The highest BCUT2D eigenvalue weighted by atomic mass is 79.9. The van der Waals surface area contributed by atoms with Gasteiger partial charge in [-0.3, -0.25) is 0 Å². The highest BCUT2D eigenvalue weighted by Gasteiger charge is 2.05. The fourth-order valence-electron chi connectivity index (χ4n) is 1.37. The summed E-state index contributed by atoms with van der Waals surface area (Å²) in [5.41, 5.74) is 6.83. The monoisotopic (exact) mass is 314 g/mol. The Kier molecular flexibility index (Phi) is 3.54. The van der Waals surface area contributed by atoms with E-state index in [1.807, 2.05) is 6.07 Å². The maximum atomic E-state index is 13.6. The van der Waals surface area contributed by atoms with Gasteiger partial charge in [-0.1, -0.05) is 27.5 Å². The minimum atomic E-state index is -0.413. The van der Waals surface area contributed by atoms with Crippen molar-refractivity contribution in [1.82, 2.24) is 0 Å². The first-order valence-corrected chi connectivity index (χ1v) is 6.00. The predicted molar refractivity (Wildman–Crippen MR) is 73.2 cm³/mol. The molecule has 88 valence electrons. The number of benzene rings is 2. The number of nitrogens with one attached hydrogen (secondary N) is 1. The van der Waals surface area contributed by atoms with Crippen molar-refractivity contribution in [3.05, 3.63) is 51.7 Å². The van der Waals surface area contributed by atoms with Crippen LogP contribution in [0.3, 0.4) is 0 Å². The van der Waals surface area contributed by atoms with Crippen LogP contribution in [0.2, 0.25) is 5.02 Å². The van der Waals surface area contributed by atoms with Crippen molar-refractivity contribution in [3.63, 3.8) is 0 Å². The van der Waals surface area contributed by atoms with Crippen LogP contribution in [0.25, 0.3) is 0 Å². The summed E-state index contributed by atoms with van der Waals surface area (Å²) in [5, 5.41) is 3.42. The second-order valence-corrected chi connectivity index (χ2v) is 4.81. The molecule has 0 spiro atoms. The summed E-state index contributed by atoms with van der Waals surface area (Å²) in [4.78, 5) is 0. The van der Waals surface area contributed by atoms with Crippen molar-refractivity contribution in [3.8, 4) is 0 Å². The molecule has 0 aliphatic heterocycles. The Morgan fingerprint density at radius 1 is 1.12 bits per heavy atom. The Morgan fingerprint density at radius 2 is 1.82 bits per heavy atom. The third-order valence-corrected chi connectivity index (χ3v) is 3.00. The summed E-state index contributed by atoms with van der Waals surface area (Å²) in [5.74, 6) is -0.413. The summed E-state index contributed by atoms with van der Waals surface area (Å²) in [6.45, 7) is 0. The van der Waals surface area contributed by atoms with E-state index >= 15 is 0 Å². The molecule has 0 saturated carbocycles. The fraction of sp³-hybridized carbons (Fsp3) is 0. The molecule has 0 aliphatic rings. The average Bonchev–Trinajstić information content (AvgIpc) is 2.25. The van der Waals surface area contributed by atoms with Gasteiger partial charge in [-0.05, 0) is 36.4 Å². The van der Waals surface area contributed by atoms with Crippen LogP contribution in [0.1, 0.15) is 0 Å². The molecule has 2 aromatic carbocycles. The number of hydrogen-bond donors (Lipinski definition) is 2. The van der Waals surface area contributed by atoms with Crippen molar-refractivity contribution in [2.75, 3.05) is 11.1 Å². The maximum Gasteiger partial charge on any atom is 0.148 e. The molecule has 0 heterocycles. The molecule has 0 fully saturated rings. The molecule has 0 bridgehead atoms. The molecule has 17 heavy (non-hydrogen) atoms. The minimum Gasteiger partial charge on any atom is -0.399 e. The third-order valence-electron chi connectivity index (χ3n) is 2.19. The number of nitrogens with two attached hydrogens (primary N) is 1. The van der Waals surface area contributed by atoms with Gasteiger partial charge in [0.25, 0.3) is 0 Å². The topological polar surface area (TPSA) is 38.0 Å². The Hall–Kier alpha value is -1.26. The van der Waals surface area contributed by atoms with Crippen LogP contribution in [0.4, 0.5) is 21.5 Å². The van der Waals surface area contributed by atoms with Crippen LogP contribution in [-0.4, -0.2) is 0 Å². The zero-order chi connectivity index (χ0) is 12.4. The van der Waals surface area contributed by atoms with Crippen LogP contribution in [-0.2, 0) is 0 Å². The number of halogens is 3. The normalized spacial score (nSPS) is 10.3. The molecule has 0 saturated heterocycles. The van der Waals surface area contributed by atoms with Gasteiger partial charge in [0, 0.05) is 10.2 Å². The van der Waals surface area contributed by atoms with Gasteiger partial charge in [0.15, 0.2) is 0 Å². The molecule has 0 radical (unpaired) electrons. The highest BCUT2D eigenvalue weighted by molar-refractivity contribution is 9.10. The van der Waals surface area contributed by atoms with Gasteiger partial charge in [-0.2, -0.15) is 0 Å². The van der Waals surface area contributed by atoms with Crippen LogP contribution in [0.5, 0.6) is 0 Å². The van der Waals surface area contributed by atoms with Gasteiger partial charge < -0.3 is 11.1 Å². The van der Waals surface area contributed by atoms with Crippen molar-refractivity contribution in [2.24, 2.45) is 0 Å². The lowest BCUT2D eigenvalue weighted by Crippen LogP contribution is -1.96. The number of hydrogen-bond acceptors (Lipinski definition) is 2. The van der Waals surface area contributed by atoms with E-state index in [1.165, 1.54) is 6.07 Å². The minimum absolute atomic E-state index is 0.337. The summed E-state index contributed by atoms with van der Waals surface area (Å²) in [6.07, 6.45) is 0. The average molecular weight is 316 g/mol. The number of rotatable bonds is 2. The lowest BCUT2D eigenvalue weighted by atomic mass is 10.2. The molecule has 0 amide bonds. The second kappa shape index (κ2) is 4.94. The molecule has 2 aromatic rings. The zero-order valence-electron chi connectivity index (χ0n) is 8.68. The van der Waals surface area contributed by atoms with E-state index in [4.69, 9.17) is 17.3 Å². The Labute approximate surface area is 112 Å². The van der Waals surface area contributed by atoms with Crippen molar-refractivity contribution < 1.29 is 4.39 Å². The molecular formula is C12H9BrClFN2. The first kappa shape index (κ1) is 12.2. The Balaban J connectivity index is 2.31. The van der Waals surface area contributed by atoms with Gasteiger partial charge in [-0.15, -0.1) is 0 Å². The molecule has 0 atom stereocenters. The van der Waals surface area contributed by atoms with Crippen molar-refractivity contribution >= 4 is 44.6 Å². The number of anilines is 3. The first-order chi connectivity index (χ1) is 8.06. The molecule has 0 aromatic heterocycles. The van der Waals surface area contributed by atoms with Gasteiger partial charge in [0.05, 0.1) is 16.4 Å². The van der Waals surface area contributed by atoms with E-state index < -0.39 is 5.82 Å². The summed E-state index contributed by atoms with van der Waals surface area (Å²) < 4.78 is 14.4. The van der Waals surface area contributed by atoms with E-state index in [-0.39, 0.29) is 0 Å². The summed E-state index contributed by atoms with van der Waals surface area (Å²) >= 11 is 9.33. The zero-order valence-corrected chi connectivity index (χ0v) is 11.0.